The molecule has 0 radical (unpaired) electrons. The molecule has 1 aliphatic heterocycles. The molecule has 2 heterocycles. The number of aryl methyl sites for hydroxylation is 1. The normalized spacial score (nSPS) is 20.0. The molecule has 1 aromatic heterocycles. The van der Waals surface area contributed by atoms with Gasteiger partial charge in [0, 0.05) is 32.0 Å². The molecule has 7 heteroatoms. The largest absolute Gasteiger partial charge is 0.386 e. The van der Waals surface area contributed by atoms with Gasteiger partial charge in [-0.1, -0.05) is 6.07 Å². The van der Waals surface area contributed by atoms with E-state index in [1.165, 1.54) is 12.1 Å². The molecule has 6 nitrogen and oxygen atoms in total. The Balaban J connectivity index is 1.56. The Hall–Kier alpha value is -2.54. The van der Waals surface area contributed by atoms with Crippen LogP contribution in [0.5, 0.6) is 0 Å². The second-order valence-electron chi connectivity index (χ2n) is 6.84. The van der Waals surface area contributed by atoms with Gasteiger partial charge in [-0.3, -0.25) is 9.78 Å². The number of aliphatic hydroxyl groups is 1. The summed E-state index contributed by atoms with van der Waals surface area (Å²) in [5.74, 6) is 0.218. The Kier molecular flexibility index (Phi) is 5.46. The van der Waals surface area contributed by atoms with Gasteiger partial charge in [-0.25, -0.2) is 9.37 Å². The fourth-order valence-corrected chi connectivity index (χ4v) is 3.26. The third-order valence-electron chi connectivity index (χ3n) is 4.70. The van der Waals surface area contributed by atoms with E-state index >= 15 is 0 Å². The minimum atomic E-state index is -1.01. The van der Waals surface area contributed by atoms with Gasteiger partial charge in [-0.2, -0.15) is 0 Å². The highest BCUT2D eigenvalue weighted by molar-refractivity contribution is 5.79. The van der Waals surface area contributed by atoms with Crippen molar-refractivity contribution in [2.45, 2.75) is 31.8 Å². The molecule has 26 heavy (non-hydrogen) atoms. The van der Waals surface area contributed by atoms with Crippen LogP contribution in [0.4, 0.5) is 10.2 Å². The van der Waals surface area contributed by atoms with Crippen LogP contribution < -0.4 is 10.2 Å². The number of rotatable bonds is 5. The number of piperidine rings is 1. The molecule has 2 N–H and O–H groups in total. The van der Waals surface area contributed by atoms with Crippen LogP contribution in [0.15, 0.2) is 36.8 Å². The van der Waals surface area contributed by atoms with E-state index in [1.54, 1.807) is 31.6 Å². The molecule has 0 bridgehead atoms. The molecule has 0 saturated carbocycles. The zero-order valence-electron chi connectivity index (χ0n) is 14.8. The number of halogens is 1. The first-order chi connectivity index (χ1) is 12.5. The number of anilines is 1. The highest BCUT2D eigenvalue weighted by Gasteiger charge is 2.34. The van der Waals surface area contributed by atoms with Crippen LogP contribution in [0, 0.1) is 12.7 Å². The Labute approximate surface area is 152 Å². The van der Waals surface area contributed by atoms with Gasteiger partial charge < -0.3 is 15.3 Å². The fraction of sp³-hybridized carbons (Fsp3) is 0.421. The number of carbonyl (C=O) groups is 1. The van der Waals surface area contributed by atoms with Crippen LogP contribution in [0.1, 0.15) is 24.0 Å². The van der Waals surface area contributed by atoms with Gasteiger partial charge >= 0.3 is 0 Å². The van der Waals surface area contributed by atoms with E-state index in [-0.39, 0.29) is 24.7 Å². The predicted octanol–water partition coefficient (Wildman–Crippen LogP) is 1.61. The lowest BCUT2D eigenvalue weighted by atomic mass is 9.92. The molecule has 2 aromatic rings. The van der Waals surface area contributed by atoms with Crippen molar-refractivity contribution in [3.05, 3.63) is 53.7 Å². The first-order valence-electron chi connectivity index (χ1n) is 8.70. The zero-order chi connectivity index (χ0) is 18.6. The van der Waals surface area contributed by atoms with E-state index in [2.05, 4.69) is 15.3 Å². The number of β-amino-alcohol motifs (C(OH)–C–C–N with tert-alkyl or cyclic N) is 1. The van der Waals surface area contributed by atoms with E-state index < -0.39 is 5.60 Å². The molecule has 0 spiro atoms. The maximum atomic E-state index is 13.2. The molecule has 1 fully saturated rings. The van der Waals surface area contributed by atoms with Crippen molar-refractivity contribution in [3.63, 3.8) is 0 Å². The molecular formula is C19H23FN4O2. The Morgan fingerprint density at radius 3 is 3.00 bits per heavy atom. The van der Waals surface area contributed by atoms with Gasteiger partial charge in [0.2, 0.25) is 5.91 Å². The third-order valence-corrected chi connectivity index (χ3v) is 4.70. The fourth-order valence-electron chi connectivity index (χ4n) is 3.26. The number of carbonyl (C=O) groups excluding carboxylic acids is 1. The summed E-state index contributed by atoms with van der Waals surface area (Å²) in [6.07, 6.45) is 6.48. The van der Waals surface area contributed by atoms with E-state index in [0.717, 1.165) is 29.9 Å². The number of nitrogens with zero attached hydrogens (tertiary/aromatic N) is 3. The molecule has 138 valence electrons. The third kappa shape index (κ3) is 4.54. The molecule has 0 aliphatic carbocycles. The Bertz CT molecular complexity index is 771. The molecule has 0 unspecified atom stereocenters. The van der Waals surface area contributed by atoms with Crippen molar-refractivity contribution in [2.75, 3.05) is 24.5 Å². The van der Waals surface area contributed by atoms with E-state index in [4.69, 9.17) is 0 Å². The first kappa shape index (κ1) is 18.3. The van der Waals surface area contributed by atoms with Crippen LogP contribution in [0.2, 0.25) is 0 Å². The second-order valence-corrected chi connectivity index (χ2v) is 6.84. The lowest BCUT2D eigenvalue weighted by Crippen LogP contribution is -2.54. The van der Waals surface area contributed by atoms with Crippen molar-refractivity contribution >= 4 is 11.7 Å². The molecule has 1 aliphatic rings. The standard InChI is InChI=1S/C19H23FN4O2/c1-14-9-16(20)4-3-15(14)10-18(25)23-12-19(26)5-2-8-24(13-19)17-11-21-6-7-22-17/h3-4,6-7,9,11,26H,2,5,8,10,12-13H2,1H3,(H,23,25)/t19-/m0/s1. The molecular weight excluding hydrogens is 335 g/mol. The predicted molar refractivity (Wildman–Crippen MR) is 96.3 cm³/mol. The monoisotopic (exact) mass is 358 g/mol. The molecule has 1 aromatic carbocycles. The highest BCUT2D eigenvalue weighted by Crippen LogP contribution is 2.24. The molecule has 1 saturated heterocycles. The van der Waals surface area contributed by atoms with Crippen LogP contribution in [0.25, 0.3) is 0 Å². The lowest BCUT2D eigenvalue weighted by Gasteiger charge is -2.39. The summed E-state index contributed by atoms with van der Waals surface area (Å²) in [5.41, 5.74) is 0.509. The SMILES string of the molecule is Cc1cc(F)ccc1CC(=O)NC[C@@]1(O)CCCN(c2cnccn2)C1. The highest BCUT2D eigenvalue weighted by atomic mass is 19.1. The van der Waals surface area contributed by atoms with Crippen molar-refractivity contribution in [3.8, 4) is 0 Å². The maximum Gasteiger partial charge on any atom is 0.224 e. The molecule has 1 amide bonds. The molecule has 3 rings (SSSR count). The minimum absolute atomic E-state index is 0.163. The number of hydrogen-bond acceptors (Lipinski definition) is 5. The van der Waals surface area contributed by atoms with Crippen LogP contribution >= 0.6 is 0 Å². The number of aromatic nitrogens is 2. The topological polar surface area (TPSA) is 78.4 Å². The van der Waals surface area contributed by atoms with Crippen molar-refractivity contribution < 1.29 is 14.3 Å². The first-order valence-corrected chi connectivity index (χ1v) is 8.70. The summed E-state index contributed by atoms with van der Waals surface area (Å²) in [5, 5.41) is 13.7. The van der Waals surface area contributed by atoms with E-state index in [0.29, 0.717) is 13.0 Å². The van der Waals surface area contributed by atoms with Gasteiger partial charge in [-0.15, -0.1) is 0 Å². The van der Waals surface area contributed by atoms with Crippen LogP contribution in [-0.2, 0) is 11.2 Å². The lowest BCUT2D eigenvalue weighted by molar-refractivity contribution is -0.121. The average Bonchev–Trinajstić information content (AvgIpc) is 2.63. The summed E-state index contributed by atoms with van der Waals surface area (Å²) >= 11 is 0. The van der Waals surface area contributed by atoms with Gasteiger partial charge in [0.05, 0.1) is 18.2 Å². The summed E-state index contributed by atoms with van der Waals surface area (Å²) in [6, 6.07) is 4.38. The van der Waals surface area contributed by atoms with Crippen molar-refractivity contribution in [2.24, 2.45) is 0 Å². The van der Waals surface area contributed by atoms with E-state index in [1.807, 2.05) is 4.90 Å². The number of benzene rings is 1. The summed E-state index contributed by atoms with van der Waals surface area (Å²) in [4.78, 5) is 22.5. The quantitative estimate of drug-likeness (QED) is 0.849. The second kappa shape index (κ2) is 7.78. The number of hydrogen-bond donors (Lipinski definition) is 2. The van der Waals surface area contributed by atoms with Crippen molar-refractivity contribution in [1.82, 2.24) is 15.3 Å². The van der Waals surface area contributed by atoms with Gasteiger partial charge in [0.25, 0.3) is 0 Å². The minimum Gasteiger partial charge on any atom is -0.386 e. The maximum absolute atomic E-state index is 13.2. The Morgan fingerprint density at radius 1 is 1.42 bits per heavy atom. The van der Waals surface area contributed by atoms with Gasteiger partial charge in [-0.05, 0) is 43.0 Å². The van der Waals surface area contributed by atoms with E-state index in [9.17, 15) is 14.3 Å². The molecule has 1 atom stereocenters. The smallest absolute Gasteiger partial charge is 0.224 e. The zero-order valence-corrected chi connectivity index (χ0v) is 14.8. The summed E-state index contributed by atoms with van der Waals surface area (Å²) in [6.45, 7) is 3.13. The summed E-state index contributed by atoms with van der Waals surface area (Å²) in [7, 11) is 0. The van der Waals surface area contributed by atoms with Crippen LogP contribution in [0.3, 0.4) is 0 Å². The van der Waals surface area contributed by atoms with Crippen molar-refractivity contribution in [1.29, 1.82) is 0 Å². The number of amides is 1. The number of nitrogens with one attached hydrogen (secondary N) is 1. The van der Waals surface area contributed by atoms with Gasteiger partial charge in [0.15, 0.2) is 0 Å². The van der Waals surface area contributed by atoms with Gasteiger partial charge in [0.1, 0.15) is 11.6 Å². The summed E-state index contributed by atoms with van der Waals surface area (Å²) < 4.78 is 13.2. The average molecular weight is 358 g/mol. The Morgan fingerprint density at radius 2 is 2.27 bits per heavy atom. The van der Waals surface area contributed by atoms with Crippen LogP contribution in [-0.4, -0.2) is 46.2 Å².